The molecule has 0 saturated heterocycles. The number of aryl methyl sites for hydroxylation is 2. The molecule has 0 aliphatic rings. The molecule has 1 atom stereocenters. The third-order valence-electron chi connectivity index (χ3n) is 3.10. The van der Waals surface area contributed by atoms with Crippen LogP contribution in [0.15, 0.2) is 41.0 Å². The summed E-state index contributed by atoms with van der Waals surface area (Å²) in [5.41, 5.74) is 2.83. The highest BCUT2D eigenvalue weighted by Crippen LogP contribution is 2.11. The van der Waals surface area contributed by atoms with Gasteiger partial charge in [-0.1, -0.05) is 17.7 Å². The molecule has 2 rings (SSSR count). The van der Waals surface area contributed by atoms with Crippen molar-refractivity contribution in [1.82, 2.24) is 5.32 Å². The van der Waals surface area contributed by atoms with Gasteiger partial charge in [0.15, 0.2) is 0 Å². The largest absolute Gasteiger partial charge is 0.469 e. The summed E-state index contributed by atoms with van der Waals surface area (Å²) in [5.74, 6) is 0.856. The van der Waals surface area contributed by atoms with E-state index in [9.17, 15) is 4.79 Å². The van der Waals surface area contributed by atoms with Crippen molar-refractivity contribution >= 4 is 5.91 Å². The fourth-order valence-electron chi connectivity index (χ4n) is 2.06. The van der Waals surface area contributed by atoms with E-state index < -0.39 is 0 Å². The van der Waals surface area contributed by atoms with Gasteiger partial charge in [0, 0.05) is 18.0 Å². The Balaban J connectivity index is 2.02. The predicted octanol–water partition coefficient (Wildman–Crippen LogP) is 3.26. The minimum Gasteiger partial charge on any atom is -0.469 e. The first-order chi connectivity index (χ1) is 9.06. The Kier molecular flexibility index (Phi) is 4.05. The van der Waals surface area contributed by atoms with Gasteiger partial charge >= 0.3 is 0 Å². The quantitative estimate of drug-likeness (QED) is 0.913. The Morgan fingerprint density at radius 1 is 1.32 bits per heavy atom. The van der Waals surface area contributed by atoms with Crippen LogP contribution in [0.3, 0.4) is 0 Å². The molecule has 0 radical (unpaired) electrons. The van der Waals surface area contributed by atoms with Gasteiger partial charge < -0.3 is 9.73 Å². The molecule has 1 N–H and O–H groups in total. The Labute approximate surface area is 113 Å². The fraction of sp³-hybridized carbons (Fsp3) is 0.312. The first-order valence-electron chi connectivity index (χ1n) is 6.47. The molecular formula is C16H19NO2. The molecule has 0 spiro atoms. The van der Waals surface area contributed by atoms with Crippen LogP contribution in [0, 0.1) is 13.8 Å². The topological polar surface area (TPSA) is 42.2 Å². The Hall–Kier alpha value is -2.03. The second kappa shape index (κ2) is 5.74. The number of carbonyl (C=O) groups excluding carboxylic acids is 1. The standard InChI is InChI=1S/C16H19NO2/c1-11-6-7-12(2)15(9-11)16(18)17-13(3)10-14-5-4-8-19-14/h4-9,13H,10H2,1-3H3,(H,17,18). The van der Waals surface area contributed by atoms with Gasteiger partial charge in [-0.25, -0.2) is 0 Å². The highest BCUT2D eigenvalue weighted by molar-refractivity contribution is 5.96. The molecular weight excluding hydrogens is 238 g/mol. The molecule has 19 heavy (non-hydrogen) atoms. The van der Waals surface area contributed by atoms with E-state index in [4.69, 9.17) is 4.42 Å². The molecule has 100 valence electrons. The van der Waals surface area contributed by atoms with Crippen molar-refractivity contribution in [3.8, 4) is 0 Å². The molecule has 1 aromatic carbocycles. The molecule has 2 aromatic rings. The number of nitrogens with one attached hydrogen (secondary N) is 1. The summed E-state index contributed by atoms with van der Waals surface area (Å²) >= 11 is 0. The van der Waals surface area contributed by atoms with Crippen LogP contribution < -0.4 is 5.32 Å². The first-order valence-corrected chi connectivity index (χ1v) is 6.47. The zero-order valence-electron chi connectivity index (χ0n) is 11.6. The van der Waals surface area contributed by atoms with Gasteiger partial charge in [-0.3, -0.25) is 4.79 Å². The summed E-state index contributed by atoms with van der Waals surface area (Å²) in [5, 5.41) is 3.00. The van der Waals surface area contributed by atoms with E-state index in [2.05, 4.69) is 5.32 Å². The zero-order valence-corrected chi connectivity index (χ0v) is 11.6. The Bertz CT molecular complexity index is 558. The lowest BCUT2D eigenvalue weighted by molar-refractivity contribution is 0.0938. The summed E-state index contributed by atoms with van der Waals surface area (Å²) in [4.78, 5) is 12.2. The van der Waals surface area contributed by atoms with Crippen molar-refractivity contribution < 1.29 is 9.21 Å². The smallest absolute Gasteiger partial charge is 0.251 e. The van der Waals surface area contributed by atoms with Gasteiger partial charge in [0.25, 0.3) is 5.91 Å². The number of carbonyl (C=O) groups is 1. The van der Waals surface area contributed by atoms with Crippen LogP contribution in [0.4, 0.5) is 0 Å². The van der Waals surface area contributed by atoms with Crippen molar-refractivity contribution in [1.29, 1.82) is 0 Å². The number of furan rings is 1. The Morgan fingerprint density at radius 3 is 2.79 bits per heavy atom. The van der Waals surface area contributed by atoms with Crippen LogP contribution in [0.2, 0.25) is 0 Å². The van der Waals surface area contributed by atoms with E-state index in [1.165, 1.54) is 0 Å². The number of hydrogen-bond acceptors (Lipinski definition) is 2. The zero-order chi connectivity index (χ0) is 13.8. The monoisotopic (exact) mass is 257 g/mol. The van der Waals surface area contributed by atoms with Crippen molar-refractivity contribution in [2.24, 2.45) is 0 Å². The molecule has 0 aliphatic carbocycles. The fourth-order valence-corrected chi connectivity index (χ4v) is 2.06. The maximum Gasteiger partial charge on any atom is 0.251 e. The van der Waals surface area contributed by atoms with Crippen molar-refractivity contribution in [2.75, 3.05) is 0 Å². The van der Waals surface area contributed by atoms with Crippen molar-refractivity contribution in [3.63, 3.8) is 0 Å². The van der Waals surface area contributed by atoms with E-state index in [0.29, 0.717) is 6.42 Å². The SMILES string of the molecule is Cc1ccc(C)c(C(=O)NC(C)Cc2ccco2)c1. The molecule has 0 saturated carbocycles. The summed E-state index contributed by atoms with van der Waals surface area (Å²) in [6, 6.07) is 9.72. The van der Waals surface area contributed by atoms with E-state index in [-0.39, 0.29) is 11.9 Å². The van der Waals surface area contributed by atoms with E-state index in [0.717, 1.165) is 22.5 Å². The van der Waals surface area contributed by atoms with Crippen LogP contribution in [0.1, 0.15) is 34.2 Å². The minimum atomic E-state index is -0.0275. The maximum atomic E-state index is 12.2. The lowest BCUT2D eigenvalue weighted by atomic mass is 10.0. The van der Waals surface area contributed by atoms with Gasteiger partial charge in [0.05, 0.1) is 6.26 Å². The summed E-state index contributed by atoms with van der Waals surface area (Å²) in [7, 11) is 0. The summed E-state index contributed by atoms with van der Waals surface area (Å²) < 4.78 is 5.28. The number of hydrogen-bond donors (Lipinski definition) is 1. The molecule has 1 heterocycles. The molecule has 3 nitrogen and oxygen atoms in total. The molecule has 0 fully saturated rings. The van der Waals surface area contributed by atoms with Crippen LogP contribution >= 0.6 is 0 Å². The number of amides is 1. The molecule has 0 bridgehead atoms. The molecule has 3 heteroatoms. The average molecular weight is 257 g/mol. The van der Waals surface area contributed by atoms with Crippen LogP contribution in [0.25, 0.3) is 0 Å². The highest BCUT2D eigenvalue weighted by atomic mass is 16.3. The van der Waals surface area contributed by atoms with E-state index >= 15 is 0 Å². The number of rotatable bonds is 4. The van der Waals surface area contributed by atoms with Crippen LogP contribution in [-0.4, -0.2) is 11.9 Å². The van der Waals surface area contributed by atoms with E-state index in [1.807, 2.05) is 51.1 Å². The van der Waals surface area contributed by atoms with Gasteiger partial charge in [-0.05, 0) is 44.5 Å². The molecule has 1 unspecified atom stereocenters. The van der Waals surface area contributed by atoms with Gasteiger partial charge in [-0.15, -0.1) is 0 Å². The normalized spacial score (nSPS) is 12.2. The lowest BCUT2D eigenvalue weighted by Gasteiger charge is -2.14. The second-order valence-corrected chi connectivity index (χ2v) is 4.98. The molecule has 0 aliphatic heterocycles. The summed E-state index contributed by atoms with van der Waals surface area (Å²) in [6.07, 6.45) is 2.35. The third kappa shape index (κ3) is 3.47. The van der Waals surface area contributed by atoms with Crippen LogP contribution in [0.5, 0.6) is 0 Å². The predicted molar refractivity (Wildman–Crippen MR) is 75.3 cm³/mol. The average Bonchev–Trinajstić information content (AvgIpc) is 2.84. The van der Waals surface area contributed by atoms with E-state index in [1.54, 1.807) is 6.26 Å². The van der Waals surface area contributed by atoms with Gasteiger partial charge in [0.1, 0.15) is 5.76 Å². The maximum absolute atomic E-state index is 12.2. The highest BCUT2D eigenvalue weighted by Gasteiger charge is 2.13. The minimum absolute atomic E-state index is 0.0275. The van der Waals surface area contributed by atoms with Crippen molar-refractivity contribution in [3.05, 3.63) is 59.0 Å². The number of benzene rings is 1. The first kappa shape index (κ1) is 13.4. The molecule has 1 amide bonds. The Morgan fingerprint density at radius 2 is 2.11 bits per heavy atom. The van der Waals surface area contributed by atoms with Crippen molar-refractivity contribution in [2.45, 2.75) is 33.2 Å². The molecule has 1 aromatic heterocycles. The third-order valence-corrected chi connectivity index (χ3v) is 3.10. The van der Waals surface area contributed by atoms with Gasteiger partial charge in [-0.2, -0.15) is 0 Å². The lowest BCUT2D eigenvalue weighted by Crippen LogP contribution is -2.34. The second-order valence-electron chi connectivity index (χ2n) is 4.98. The summed E-state index contributed by atoms with van der Waals surface area (Å²) in [6.45, 7) is 5.92. The van der Waals surface area contributed by atoms with Gasteiger partial charge in [0.2, 0.25) is 0 Å². The van der Waals surface area contributed by atoms with Crippen LogP contribution in [-0.2, 0) is 6.42 Å².